The number of piperidine rings is 1. The van der Waals surface area contributed by atoms with Crippen molar-refractivity contribution in [3.8, 4) is 0 Å². The maximum absolute atomic E-state index is 12.2. The Morgan fingerprint density at radius 1 is 1.60 bits per heavy atom. The van der Waals surface area contributed by atoms with E-state index in [-0.39, 0.29) is 17.4 Å². The molecule has 0 aromatic rings. The minimum Gasteiger partial charge on any atom is -0.380 e. The molecule has 0 aromatic heterocycles. The van der Waals surface area contributed by atoms with Gasteiger partial charge in [-0.1, -0.05) is 0 Å². The predicted molar refractivity (Wildman–Crippen MR) is 57.3 cm³/mol. The van der Waals surface area contributed by atoms with Crippen molar-refractivity contribution in [3.63, 3.8) is 0 Å². The number of carbonyl (C=O) groups is 1. The molecule has 4 nitrogen and oxygen atoms in total. The van der Waals surface area contributed by atoms with Crippen LogP contribution in [0.2, 0.25) is 0 Å². The van der Waals surface area contributed by atoms with Crippen LogP contribution in [0.1, 0.15) is 25.7 Å². The summed E-state index contributed by atoms with van der Waals surface area (Å²) in [5.74, 6) is 0.256. The second kappa shape index (κ2) is 4.10. The SMILES string of the molecule is COC1CCCN(C(=O)C2(CN)CC2)C1. The van der Waals surface area contributed by atoms with E-state index in [1.165, 1.54) is 0 Å². The Morgan fingerprint density at radius 3 is 2.87 bits per heavy atom. The number of nitrogens with two attached hydrogens (primary N) is 1. The van der Waals surface area contributed by atoms with Gasteiger partial charge in [0.05, 0.1) is 11.5 Å². The zero-order chi connectivity index (χ0) is 10.9. The van der Waals surface area contributed by atoms with Crippen LogP contribution in [0.5, 0.6) is 0 Å². The van der Waals surface area contributed by atoms with Crippen LogP contribution in [0.4, 0.5) is 0 Å². The summed E-state index contributed by atoms with van der Waals surface area (Å²) in [6, 6.07) is 0. The summed E-state index contributed by atoms with van der Waals surface area (Å²) >= 11 is 0. The first-order chi connectivity index (χ1) is 7.22. The molecule has 1 atom stereocenters. The van der Waals surface area contributed by atoms with Gasteiger partial charge in [-0.25, -0.2) is 0 Å². The van der Waals surface area contributed by atoms with Gasteiger partial charge in [0.2, 0.25) is 5.91 Å². The summed E-state index contributed by atoms with van der Waals surface area (Å²) in [5, 5.41) is 0. The summed E-state index contributed by atoms with van der Waals surface area (Å²) in [6.07, 6.45) is 4.27. The molecule has 1 unspecified atom stereocenters. The number of amides is 1. The lowest BCUT2D eigenvalue weighted by Crippen LogP contribution is -2.47. The summed E-state index contributed by atoms with van der Waals surface area (Å²) in [7, 11) is 1.72. The molecule has 2 fully saturated rings. The third-order valence-electron chi connectivity index (χ3n) is 3.70. The van der Waals surface area contributed by atoms with Gasteiger partial charge in [-0.05, 0) is 25.7 Å². The van der Waals surface area contributed by atoms with E-state index in [0.29, 0.717) is 6.54 Å². The smallest absolute Gasteiger partial charge is 0.230 e. The number of carbonyl (C=O) groups excluding carboxylic acids is 1. The van der Waals surface area contributed by atoms with Crippen LogP contribution >= 0.6 is 0 Å². The number of ether oxygens (including phenoxy) is 1. The highest BCUT2D eigenvalue weighted by atomic mass is 16.5. The monoisotopic (exact) mass is 212 g/mol. The molecule has 0 bridgehead atoms. The molecule has 2 rings (SSSR count). The zero-order valence-electron chi connectivity index (χ0n) is 9.37. The van der Waals surface area contributed by atoms with E-state index < -0.39 is 0 Å². The summed E-state index contributed by atoms with van der Waals surface area (Å²) < 4.78 is 5.31. The Balaban J connectivity index is 1.95. The van der Waals surface area contributed by atoms with Crippen molar-refractivity contribution in [1.82, 2.24) is 4.90 Å². The lowest BCUT2D eigenvalue weighted by Gasteiger charge is -2.34. The van der Waals surface area contributed by atoms with Gasteiger partial charge < -0.3 is 15.4 Å². The van der Waals surface area contributed by atoms with Gasteiger partial charge in [0.1, 0.15) is 0 Å². The number of hydrogen-bond donors (Lipinski definition) is 1. The van der Waals surface area contributed by atoms with E-state index in [4.69, 9.17) is 10.5 Å². The van der Waals surface area contributed by atoms with Crippen LogP contribution < -0.4 is 5.73 Å². The van der Waals surface area contributed by atoms with Crippen LogP contribution in [0, 0.1) is 5.41 Å². The van der Waals surface area contributed by atoms with Crippen molar-refractivity contribution < 1.29 is 9.53 Å². The highest BCUT2D eigenvalue weighted by molar-refractivity contribution is 5.85. The molecular weight excluding hydrogens is 192 g/mol. The van der Waals surface area contributed by atoms with E-state index >= 15 is 0 Å². The van der Waals surface area contributed by atoms with E-state index in [1.807, 2.05) is 4.90 Å². The third kappa shape index (κ3) is 2.01. The van der Waals surface area contributed by atoms with Crippen molar-refractivity contribution in [1.29, 1.82) is 0 Å². The first-order valence-electron chi connectivity index (χ1n) is 5.74. The van der Waals surface area contributed by atoms with E-state index in [2.05, 4.69) is 0 Å². The van der Waals surface area contributed by atoms with Crippen molar-refractivity contribution >= 4 is 5.91 Å². The molecule has 15 heavy (non-hydrogen) atoms. The third-order valence-corrected chi connectivity index (χ3v) is 3.70. The molecular formula is C11H20N2O2. The van der Waals surface area contributed by atoms with Crippen LogP contribution in [0.25, 0.3) is 0 Å². The Bertz CT molecular complexity index is 251. The average Bonchev–Trinajstić information content (AvgIpc) is 3.09. The van der Waals surface area contributed by atoms with Crippen molar-refractivity contribution in [3.05, 3.63) is 0 Å². The highest BCUT2D eigenvalue weighted by Gasteiger charge is 2.50. The summed E-state index contributed by atoms with van der Waals surface area (Å²) in [6.45, 7) is 2.12. The largest absolute Gasteiger partial charge is 0.380 e. The second-order valence-electron chi connectivity index (χ2n) is 4.74. The van der Waals surface area contributed by atoms with Crippen LogP contribution in [-0.2, 0) is 9.53 Å². The van der Waals surface area contributed by atoms with Gasteiger partial charge >= 0.3 is 0 Å². The topological polar surface area (TPSA) is 55.6 Å². The predicted octanol–water partition coefficient (Wildman–Crippen LogP) is 0.363. The Labute approximate surface area is 90.8 Å². The molecule has 1 aliphatic heterocycles. The molecule has 1 saturated carbocycles. The molecule has 86 valence electrons. The lowest BCUT2D eigenvalue weighted by molar-refractivity contribution is -0.140. The molecule has 1 saturated heterocycles. The highest BCUT2D eigenvalue weighted by Crippen LogP contribution is 2.46. The molecule has 1 heterocycles. The van der Waals surface area contributed by atoms with Crippen molar-refractivity contribution in [2.45, 2.75) is 31.8 Å². The lowest BCUT2D eigenvalue weighted by atomic mass is 10.0. The first-order valence-corrected chi connectivity index (χ1v) is 5.74. The van der Waals surface area contributed by atoms with Gasteiger partial charge in [0.25, 0.3) is 0 Å². The first kappa shape index (κ1) is 10.9. The maximum atomic E-state index is 12.2. The fourth-order valence-electron chi connectivity index (χ4n) is 2.31. The summed E-state index contributed by atoms with van der Waals surface area (Å²) in [5.41, 5.74) is 5.47. The maximum Gasteiger partial charge on any atom is 0.230 e. The van der Waals surface area contributed by atoms with Crippen molar-refractivity contribution in [2.75, 3.05) is 26.7 Å². The molecule has 1 amide bonds. The van der Waals surface area contributed by atoms with E-state index in [0.717, 1.165) is 38.8 Å². The standard InChI is InChI=1S/C11H20N2O2/c1-15-9-3-2-6-13(7-9)10(14)11(8-12)4-5-11/h9H,2-8,12H2,1H3. The van der Waals surface area contributed by atoms with Crippen LogP contribution in [0.15, 0.2) is 0 Å². The molecule has 1 aliphatic carbocycles. The average molecular weight is 212 g/mol. The fraction of sp³-hybridized carbons (Fsp3) is 0.909. The molecule has 0 radical (unpaired) electrons. The number of nitrogens with zero attached hydrogens (tertiary/aromatic N) is 1. The van der Waals surface area contributed by atoms with Crippen molar-refractivity contribution in [2.24, 2.45) is 11.1 Å². The zero-order valence-corrected chi connectivity index (χ0v) is 9.37. The number of rotatable bonds is 3. The normalized spacial score (nSPS) is 28.9. The van der Waals surface area contributed by atoms with Gasteiger partial charge in [0, 0.05) is 26.7 Å². The second-order valence-corrected chi connectivity index (χ2v) is 4.74. The fourth-order valence-corrected chi connectivity index (χ4v) is 2.31. The van der Waals surface area contributed by atoms with Gasteiger partial charge in [-0.3, -0.25) is 4.79 Å². The van der Waals surface area contributed by atoms with Crippen LogP contribution in [-0.4, -0.2) is 43.7 Å². The molecule has 2 aliphatic rings. The van der Waals surface area contributed by atoms with Crippen LogP contribution in [0.3, 0.4) is 0 Å². The Morgan fingerprint density at radius 2 is 2.33 bits per heavy atom. The van der Waals surface area contributed by atoms with E-state index in [1.54, 1.807) is 7.11 Å². The molecule has 0 aromatic carbocycles. The minimum absolute atomic E-state index is 0.199. The quantitative estimate of drug-likeness (QED) is 0.735. The Hall–Kier alpha value is -0.610. The number of likely N-dealkylation sites (tertiary alicyclic amines) is 1. The molecule has 0 spiro atoms. The van der Waals surface area contributed by atoms with E-state index in [9.17, 15) is 4.79 Å². The number of hydrogen-bond acceptors (Lipinski definition) is 3. The number of methoxy groups -OCH3 is 1. The Kier molecular flexibility index (Phi) is 2.98. The van der Waals surface area contributed by atoms with Gasteiger partial charge in [0.15, 0.2) is 0 Å². The molecule has 4 heteroatoms. The minimum atomic E-state index is -0.199. The summed E-state index contributed by atoms with van der Waals surface area (Å²) in [4.78, 5) is 14.1. The molecule has 2 N–H and O–H groups in total. The van der Waals surface area contributed by atoms with Gasteiger partial charge in [-0.15, -0.1) is 0 Å². The van der Waals surface area contributed by atoms with Gasteiger partial charge in [-0.2, -0.15) is 0 Å².